The fourth-order valence-electron chi connectivity index (χ4n) is 1.61. The van der Waals surface area contributed by atoms with Crippen molar-refractivity contribution in [2.45, 2.75) is 12.8 Å². The minimum absolute atomic E-state index is 0.839. The van der Waals surface area contributed by atoms with Gasteiger partial charge in [0.25, 0.3) is 0 Å². The lowest BCUT2D eigenvalue weighted by atomic mass is 9.85. The fraction of sp³-hybridized carbons (Fsp3) is 0.167. The van der Waals surface area contributed by atoms with E-state index < -0.39 is 0 Å². The Morgan fingerprint density at radius 2 is 2.00 bits per heavy atom. The summed E-state index contributed by atoms with van der Waals surface area (Å²) in [4.78, 5) is 0. The standard InChI is InChI=1S/C12H10BBr/c13-11-7-3-1-5-9(11)10-6-2-4-8-12(10)14/h1-3,5-7H,4,8H2. The second kappa shape index (κ2) is 4.18. The van der Waals surface area contributed by atoms with E-state index in [0.717, 1.165) is 23.9 Å². The highest BCUT2D eigenvalue weighted by Gasteiger charge is 2.08. The summed E-state index contributed by atoms with van der Waals surface area (Å²) in [6, 6.07) is 7.97. The van der Waals surface area contributed by atoms with E-state index in [-0.39, 0.29) is 0 Å². The molecule has 0 N–H and O–H groups in total. The largest absolute Gasteiger partial charge is 0.114 e. The van der Waals surface area contributed by atoms with Crippen molar-refractivity contribution in [3.63, 3.8) is 0 Å². The first kappa shape index (κ1) is 9.79. The van der Waals surface area contributed by atoms with Gasteiger partial charge >= 0.3 is 0 Å². The molecule has 0 saturated carbocycles. The van der Waals surface area contributed by atoms with Gasteiger partial charge in [0.1, 0.15) is 7.85 Å². The van der Waals surface area contributed by atoms with Crippen LogP contribution in [0.25, 0.3) is 5.57 Å². The van der Waals surface area contributed by atoms with Gasteiger partial charge in [0.15, 0.2) is 0 Å². The zero-order valence-corrected chi connectivity index (χ0v) is 9.42. The van der Waals surface area contributed by atoms with Crippen LogP contribution in [0.2, 0.25) is 0 Å². The Bertz CT molecular complexity index is 405. The van der Waals surface area contributed by atoms with Gasteiger partial charge in [-0.3, -0.25) is 0 Å². The van der Waals surface area contributed by atoms with Crippen molar-refractivity contribution in [1.29, 1.82) is 0 Å². The molecular weight excluding hydrogens is 235 g/mol. The Morgan fingerprint density at radius 3 is 2.71 bits per heavy atom. The fourth-order valence-corrected chi connectivity index (χ4v) is 2.19. The molecule has 0 aromatic heterocycles. The summed E-state index contributed by atoms with van der Waals surface area (Å²) in [7, 11) is 5.92. The van der Waals surface area contributed by atoms with E-state index in [1.165, 1.54) is 10.1 Å². The van der Waals surface area contributed by atoms with Crippen LogP contribution in [0.15, 0.2) is 40.9 Å². The molecule has 1 aromatic carbocycles. The van der Waals surface area contributed by atoms with Gasteiger partial charge in [-0.1, -0.05) is 57.8 Å². The highest BCUT2D eigenvalue weighted by Crippen LogP contribution is 2.30. The first-order valence-electron chi connectivity index (χ1n) is 4.69. The minimum Gasteiger partial charge on any atom is -0.0890 e. The lowest BCUT2D eigenvalue weighted by Gasteiger charge is -2.13. The lowest BCUT2D eigenvalue weighted by Crippen LogP contribution is -2.09. The molecule has 68 valence electrons. The van der Waals surface area contributed by atoms with Gasteiger partial charge in [-0.25, -0.2) is 0 Å². The van der Waals surface area contributed by atoms with Crippen molar-refractivity contribution in [3.8, 4) is 0 Å². The van der Waals surface area contributed by atoms with E-state index in [2.05, 4.69) is 34.1 Å². The van der Waals surface area contributed by atoms with Crippen LogP contribution in [0.4, 0.5) is 0 Å². The highest BCUT2D eigenvalue weighted by atomic mass is 79.9. The topological polar surface area (TPSA) is 0 Å². The Balaban J connectivity index is 2.49. The zero-order valence-electron chi connectivity index (χ0n) is 7.83. The summed E-state index contributed by atoms with van der Waals surface area (Å²) in [5.41, 5.74) is 3.18. The number of rotatable bonds is 1. The van der Waals surface area contributed by atoms with E-state index in [4.69, 9.17) is 7.85 Å². The van der Waals surface area contributed by atoms with Crippen LogP contribution < -0.4 is 5.46 Å². The first-order chi connectivity index (χ1) is 6.79. The van der Waals surface area contributed by atoms with Crippen molar-refractivity contribution in [2.75, 3.05) is 0 Å². The molecule has 2 rings (SSSR count). The average Bonchev–Trinajstić information content (AvgIpc) is 2.20. The van der Waals surface area contributed by atoms with Gasteiger partial charge in [0.2, 0.25) is 0 Å². The first-order valence-corrected chi connectivity index (χ1v) is 5.48. The van der Waals surface area contributed by atoms with Gasteiger partial charge in [0.05, 0.1) is 0 Å². The molecule has 2 heteroatoms. The number of hydrogen-bond donors (Lipinski definition) is 0. The number of allylic oxidation sites excluding steroid dienone is 4. The lowest BCUT2D eigenvalue weighted by molar-refractivity contribution is 1.03. The van der Waals surface area contributed by atoms with E-state index in [9.17, 15) is 0 Å². The van der Waals surface area contributed by atoms with Crippen LogP contribution in [-0.2, 0) is 0 Å². The smallest absolute Gasteiger partial charge is 0.0890 e. The van der Waals surface area contributed by atoms with Gasteiger partial charge in [-0.15, -0.1) is 0 Å². The van der Waals surface area contributed by atoms with Gasteiger partial charge in [-0.05, 0) is 24.0 Å². The summed E-state index contributed by atoms with van der Waals surface area (Å²) < 4.78 is 1.25. The Kier molecular flexibility index (Phi) is 2.92. The predicted octanol–water partition coefficient (Wildman–Crippen LogP) is 2.94. The predicted molar refractivity (Wildman–Crippen MR) is 66.1 cm³/mol. The molecule has 0 spiro atoms. The van der Waals surface area contributed by atoms with Crippen LogP contribution in [0, 0.1) is 0 Å². The molecule has 0 unspecified atom stereocenters. The molecule has 0 nitrogen and oxygen atoms in total. The summed E-state index contributed by atoms with van der Waals surface area (Å²) in [6.07, 6.45) is 6.50. The van der Waals surface area contributed by atoms with Crippen LogP contribution in [-0.4, -0.2) is 7.85 Å². The molecule has 1 aliphatic carbocycles. The van der Waals surface area contributed by atoms with Crippen LogP contribution in [0.1, 0.15) is 18.4 Å². The quantitative estimate of drug-likeness (QED) is 0.667. The maximum absolute atomic E-state index is 5.92. The number of hydrogen-bond acceptors (Lipinski definition) is 0. The van der Waals surface area contributed by atoms with Crippen molar-refractivity contribution in [1.82, 2.24) is 0 Å². The zero-order chi connectivity index (χ0) is 9.97. The normalized spacial score (nSPS) is 16.1. The van der Waals surface area contributed by atoms with E-state index in [1.54, 1.807) is 0 Å². The molecular formula is C12H10BBr. The minimum atomic E-state index is 0.839. The Hall–Kier alpha value is -0.755. The molecule has 2 radical (unpaired) electrons. The second-order valence-corrected chi connectivity index (χ2v) is 4.30. The van der Waals surface area contributed by atoms with Crippen molar-refractivity contribution < 1.29 is 0 Å². The average molecular weight is 245 g/mol. The molecule has 1 aromatic rings. The molecule has 1 aliphatic rings. The highest BCUT2D eigenvalue weighted by molar-refractivity contribution is 9.11. The number of halogens is 1. The monoisotopic (exact) mass is 244 g/mol. The molecule has 0 aliphatic heterocycles. The summed E-state index contributed by atoms with van der Waals surface area (Å²) >= 11 is 3.60. The van der Waals surface area contributed by atoms with E-state index >= 15 is 0 Å². The Labute approximate surface area is 94.3 Å². The van der Waals surface area contributed by atoms with Gasteiger partial charge in [0, 0.05) is 4.48 Å². The third-order valence-corrected chi connectivity index (χ3v) is 3.18. The maximum atomic E-state index is 5.92. The summed E-state index contributed by atoms with van der Waals surface area (Å²) in [5, 5.41) is 0. The van der Waals surface area contributed by atoms with Crippen molar-refractivity contribution in [2.24, 2.45) is 0 Å². The molecule has 0 heterocycles. The summed E-state index contributed by atoms with van der Waals surface area (Å²) in [6.45, 7) is 0. The van der Waals surface area contributed by atoms with Gasteiger partial charge < -0.3 is 0 Å². The second-order valence-electron chi connectivity index (χ2n) is 3.35. The van der Waals surface area contributed by atoms with Crippen molar-refractivity contribution >= 4 is 34.8 Å². The van der Waals surface area contributed by atoms with Crippen molar-refractivity contribution in [3.05, 3.63) is 46.5 Å². The SMILES string of the molecule is [B]c1ccccc1C1=C(Br)CCC=C1. The number of benzene rings is 1. The van der Waals surface area contributed by atoms with Gasteiger partial charge in [-0.2, -0.15) is 0 Å². The van der Waals surface area contributed by atoms with Crippen LogP contribution in [0.5, 0.6) is 0 Å². The third kappa shape index (κ3) is 1.85. The maximum Gasteiger partial charge on any atom is 0.114 e. The van der Waals surface area contributed by atoms with Crippen LogP contribution >= 0.6 is 15.9 Å². The third-order valence-electron chi connectivity index (χ3n) is 2.36. The summed E-state index contributed by atoms with van der Waals surface area (Å²) in [5.74, 6) is 0. The molecule has 0 saturated heterocycles. The molecule has 14 heavy (non-hydrogen) atoms. The van der Waals surface area contributed by atoms with E-state index in [1.807, 2.05) is 18.2 Å². The van der Waals surface area contributed by atoms with E-state index in [0.29, 0.717) is 0 Å². The molecule has 0 bridgehead atoms. The molecule has 0 atom stereocenters. The van der Waals surface area contributed by atoms with Crippen LogP contribution in [0.3, 0.4) is 0 Å². The Morgan fingerprint density at radius 1 is 1.21 bits per heavy atom. The molecule has 0 fully saturated rings. The molecule has 0 amide bonds.